The summed E-state index contributed by atoms with van der Waals surface area (Å²) in [5.74, 6) is 0.620. The summed E-state index contributed by atoms with van der Waals surface area (Å²) in [4.78, 5) is 8.74. The van der Waals surface area contributed by atoms with Crippen LogP contribution in [0.25, 0.3) is 0 Å². The van der Waals surface area contributed by atoms with E-state index in [0.717, 1.165) is 48.4 Å². The Labute approximate surface area is 143 Å². The molecule has 24 heavy (non-hydrogen) atoms. The number of phenols is 2. The summed E-state index contributed by atoms with van der Waals surface area (Å²) in [5, 5.41) is 20.8. The fourth-order valence-corrected chi connectivity index (χ4v) is 3.32. The van der Waals surface area contributed by atoms with Gasteiger partial charge in [-0.1, -0.05) is 0 Å². The number of phenolic OH excluding ortho intramolecular Hbond substituents is 2. The van der Waals surface area contributed by atoms with Gasteiger partial charge in [0.1, 0.15) is 11.5 Å². The number of piperazine rings is 1. The molecule has 1 aromatic heterocycles. The first-order chi connectivity index (χ1) is 11.5. The molecule has 0 unspecified atom stereocenters. The predicted molar refractivity (Wildman–Crippen MR) is 95.7 cm³/mol. The minimum absolute atomic E-state index is 0.302. The van der Waals surface area contributed by atoms with Gasteiger partial charge in [0.15, 0.2) is 0 Å². The number of aromatic hydroxyl groups is 2. The van der Waals surface area contributed by atoms with E-state index >= 15 is 0 Å². The number of rotatable bonds is 3. The number of aromatic nitrogens is 1. The summed E-state index contributed by atoms with van der Waals surface area (Å²) in [6, 6.07) is 4.07. The summed E-state index contributed by atoms with van der Waals surface area (Å²) in [7, 11) is 0. The Balaban J connectivity index is 1.71. The minimum Gasteiger partial charge on any atom is -0.507 e. The molecule has 0 bridgehead atoms. The monoisotopic (exact) mass is 327 g/mol. The lowest BCUT2D eigenvalue weighted by Gasteiger charge is -2.36. The van der Waals surface area contributed by atoms with Crippen molar-refractivity contribution in [3.63, 3.8) is 0 Å². The molecule has 5 nitrogen and oxygen atoms in total. The molecule has 1 aliphatic heterocycles. The Morgan fingerprint density at radius 1 is 0.875 bits per heavy atom. The second-order valence-corrected chi connectivity index (χ2v) is 6.52. The lowest BCUT2D eigenvalue weighted by Crippen LogP contribution is -2.46. The van der Waals surface area contributed by atoms with E-state index in [0.29, 0.717) is 18.0 Å². The first kappa shape index (κ1) is 16.6. The van der Waals surface area contributed by atoms with Gasteiger partial charge in [-0.15, -0.1) is 0 Å². The zero-order valence-electron chi connectivity index (χ0n) is 14.6. The maximum Gasteiger partial charge on any atom is 0.123 e. The van der Waals surface area contributed by atoms with Crippen molar-refractivity contribution in [2.75, 3.05) is 31.1 Å². The average molecular weight is 327 g/mol. The largest absolute Gasteiger partial charge is 0.507 e. The zero-order valence-corrected chi connectivity index (χ0v) is 14.6. The molecule has 0 saturated carbocycles. The Hall–Kier alpha value is -2.27. The van der Waals surface area contributed by atoms with Crippen LogP contribution in [0, 0.1) is 20.8 Å². The second-order valence-electron chi connectivity index (χ2n) is 6.52. The van der Waals surface area contributed by atoms with Crippen LogP contribution in [0.4, 0.5) is 5.69 Å². The molecule has 2 N–H and O–H groups in total. The quantitative estimate of drug-likeness (QED) is 0.849. The Morgan fingerprint density at radius 2 is 1.46 bits per heavy atom. The van der Waals surface area contributed by atoms with E-state index in [9.17, 15) is 10.2 Å². The number of hydrogen-bond acceptors (Lipinski definition) is 5. The summed E-state index contributed by atoms with van der Waals surface area (Å²) in [5.41, 5.74) is 4.35. The Bertz CT molecular complexity index is 694. The summed E-state index contributed by atoms with van der Waals surface area (Å²) in [6.07, 6.45) is 3.64. The standard InChI is InChI=1S/C19H25N3O2/c1-13-14(2)19(24)17(15(3)18(13)23)12-21-8-10-22(11-9-21)16-4-6-20-7-5-16/h4-7,23-24H,8-12H2,1-3H3. The maximum atomic E-state index is 10.5. The molecule has 0 atom stereocenters. The normalized spacial score (nSPS) is 15.7. The molecule has 2 aromatic rings. The third kappa shape index (κ3) is 3.04. The van der Waals surface area contributed by atoms with E-state index in [-0.39, 0.29) is 0 Å². The van der Waals surface area contributed by atoms with E-state index in [2.05, 4.69) is 14.8 Å². The summed E-state index contributed by atoms with van der Waals surface area (Å²) in [6.45, 7) is 9.98. The molecule has 1 fully saturated rings. The molecule has 128 valence electrons. The topological polar surface area (TPSA) is 59.8 Å². The SMILES string of the molecule is Cc1c(C)c(O)c(CN2CCN(c3ccncc3)CC2)c(C)c1O. The molecule has 2 heterocycles. The number of nitrogens with zero attached hydrogens (tertiary/aromatic N) is 3. The molecule has 1 aromatic carbocycles. The van der Waals surface area contributed by atoms with Gasteiger partial charge in [-0.05, 0) is 49.6 Å². The van der Waals surface area contributed by atoms with Crippen LogP contribution in [0.3, 0.4) is 0 Å². The summed E-state index contributed by atoms with van der Waals surface area (Å²) >= 11 is 0. The predicted octanol–water partition coefficient (Wildman–Crippen LogP) is 2.74. The van der Waals surface area contributed by atoms with Crippen LogP contribution in [-0.2, 0) is 6.54 Å². The van der Waals surface area contributed by atoms with Gasteiger partial charge in [0.05, 0.1) is 0 Å². The van der Waals surface area contributed by atoms with Gasteiger partial charge >= 0.3 is 0 Å². The van der Waals surface area contributed by atoms with Crippen LogP contribution in [0.15, 0.2) is 24.5 Å². The highest BCUT2D eigenvalue weighted by Crippen LogP contribution is 2.37. The van der Waals surface area contributed by atoms with Crippen molar-refractivity contribution in [2.24, 2.45) is 0 Å². The number of hydrogen-bond donors (Lipinski definition) is 2. The molecule has 3 rings (SSSR count). The average Bonchev–Trinajstić information content (AvgIpc) is 2.63. The fraction of sp³-hybridized carbons (Fsp3) is 0.421. The van der Waals surface area contributed by atoms with E-state index < -0.39 is 0 Å². The molecular weight excluding hydrogens is 302 g/mol. The number of pyridine rings is 1. The van der Waals surface area contributed by atoms with Gasteiger partial charge in [0.25, 0.3) is 0 Å². The molecule has 0 radical (unpaired) electrons. The molecule has 1 aliphatic rings. The van der Waals surface area contributed by atoms with E-state index in [4.69, 9.17) is 0 Å². The van der Waals surface area contributed by atoms with Crippen LogP contribution < -0.4 is 4.90 Å². The van der Waals surface area contributed by atoms with Crippen LogP contribution >= 0.6 is 0 Å². The number of anilines is 1. The third-order valence-corrected chi connectivity index (χ3v) is 5.15. The highest BCUT2D eigenvalue weighted by Gasteiger charge is 2.22. The van der Waals surface area contributed by atoms with Gasteiger partial charge < -0.3 is 15.1 Å². The van der Waals surface area contributed by atoms with Crippen molar-refractivity contribution in [3.8, 4) is 11.5 Å². The molecule has 0 aliphatic carbocycles. The summed E-state index contributed by atoms with van der Waals surface area (Å²) < 4.78 is 0. The van der Waals surface area contributed by atoms with E-state index in [1.165, 1.54) is 5.69 Å². The smallest absolute Gasteiger partial charge is 0.123 e. The molecule has 0 amide bonds. The highest BCUT2D eigenvalue weighted by molar-refractivity contribution is 5.56. The van der Waals surface area contributed by atoms with Crippen molar-refractivity contribution < 1.29 is 10.2 Å². The molecule has 5 heteroatoms. The first-order valence-electron chi connectivity index (χ1n) is 8.37. The van der Waals surface area contributed by atoms with Crippen molar-refractivity contribution in [1.82, 2.24) is 9.88 Å². The van der Waals surface area contributed by atoms with Crippen LogP contribution in [-0.4, -0.2) is 46.3 Å². The molecule has 1 saturated heterocycles. The van der Waals surface area contributed by atoms with Crippen LogP contribution in [0.2, 0.25) is 0 Å². The lowest BCUT2D eigenvalue weighted by molar-refractivity contribution is 0.245. The molecule has 0 spiro atoms. The van der Waals surface area contributed by atoms with Gasteiger partial charge in [0, 0.05) is 56.4 Å². The fourth-order valence-electron chi connectivity index (χ4n) is 3.32. The van der Waals surface area contributed by atoms with Gasteiger partial charge in [-0.2, -0.15) is 0 Å². The van der Waals surface area contributed by atoms with E-state index in [1.807, 2.05) is 45.3 Å². The highest BCUT2D eigenvalue weighted by atomic mass is 16.3. The Morgan fingerprint density at radius 3 is 2.08 bits per heavy atom. The lowest BCUT2D eigenvalue weighted by atomic mass is 9.97. The van der Waals surface area contributed by atoms with Crippen molar-refractivity contribution in [2.45, 2.75) is 27.3 Å². The second kappa shape index (κ2) is 6.69. The van der Waals surface area contributed by atoms with Crippen molar-refractivity contribution in [1.29, 1.82) is 0 Å². The van der Waals surface area contributed by atoms with Gasteiger partial charge in [-0.25, -0.2) is 0 Å². The van der Waals surface area contributed by atoms with E-state index in [1.54, 1.807) is 0 Å². The minimum atomic E-state index is 0.302. The zero-order chi connectivity index (χ0) is 17.3. The van der Waals surface area contributed by atoms with Gasteiger partial charge in [0.2, 0.25) is 0 Å². The van der Waals surface area contributed by atoms with Crippen molar-refractivity contribution >= 4 is 5.69 Å². The third-order valence-electron chi connectivity index (χ3n) is 5.15. The van der Waals surface area contributed by atoms with Crippen molar-refractivity contribution in [3.05, 3.63) is 46.8 Å². The molecular formula is C19H25N3O2. The first-order valence-corrected chi connectivity index (χ1v) is 8.37. The maximum absolute atomic E-state index is 10.5. The van der Waals surface area contributed by atoms with Gasteiger partial charge in [-0.3, -0.25) is 9.88 Å². The van der Waals surface area contributed by atoms with Crippen LogP contribution in [0.1, 0.15) is 22.3 Å². The Kier molecular flexibility index (Phi) is 4.62. The number of benzene rings is 1. The van der Waals surface area contributed by atoms with Crippen LogP contribution in [0.5, 0.6) is 11.5 Å².